The molecule has 10 aromatic carbocycles. The van der Waals surface area contributed by atoms with Crippen molar-refractivity contribution in [3.8, 4) is 78.3 Å². The highest BCUT2D eigenvalue weighted by molar-refractivity contribution is 6.01. The summed E-state index contributed by atoms with van der Waals surface area (Å²) in [7, 11) is 0. The molecule has 2 aliphatic rings. The van der Waals surface area contributed by atoms with Crippen LogP contribution < -0.4 is 9.64 Å². The SMILES string of the molecule is [2H]c1c([2H])c([2H])c(-c2ccc3c(c2)-c2cc4ccccc4cc2-c2ccc(-c4ccc(N(c5ccc(-c6ccccc6)cc5)c5ccc6c(c5)C(C)(C)c5ccccc5-6)cc4)cc2O3)c([2H])c1[2H]. The van der Waals surface area contributed by atoms with E-state index in [1.165, 1.54) is 27.8 Å². The predicted octanol–water partition coefficient (Wildman–Crippen LogP) is 17.1. The molecule has 0 spiro atoms. The molecular formula is C61H43NO. The quantitative estimate of drug-likeness (QED) is 0.166. The first-order valence-corrected chi connectivity index (χ1v) is 21.4. The lowest BCUT2D eigenvalue weighted by molar-refractivity contribution is 0.488. The second-order valence-corrected chi connectivity index (χ2v) is 17.0. The predicted molar refractivity (Wildman–Crippen MR) is 263 cm³/mol. The van der Waals surface area contributed by atoms with Gasteiger partial charge >= 0.3 is 0 Å². The Labute approximate surface area is 376 Å². The number of benzene rings is 10. The van der Waals surface area contributed by atoms with Crippen molar-refractivity contribution < 1.29 is 11.6 Å². The fraction of sp³-hybridized carbons (Fsp3) is 0.0492. The molecular weight excluding hydrogens is 763 g/mol. The number of nitrogens with zero attached hydrogens (tertiary/aromatic N) is 1. The van der Waals surface area contributed by atoms with Gasteiger partial charge < -0.3 is 9.64 Å². The van der Waals surface area contributed by atoms with Crippen molar-refractivity contribution in [1.82, 2.24) is 0 Å². The van der Waals surface area contributed by atoms with Gasteiger partial charge in [-0.25, -0.2) is 0 Å². The van der Waals surface area contributed by atoms with Gasteiger partial charge in [-0.3, -0.25) is 0 Å². The lowest BCUT2D eigenvalue weighted by Crippen LogP contribution is -2.16. The van der Waals surface area contributed by atoms with Crippen LogP contribution in [0.2, 0.25) is 0 Å². The Hall–Kier alpha value is -7.94. The van der Waals surface area contributed by atoms with Crippen molar-refractivity contribution in [1.29, 1.82) is 0 Å². The molecule has 0 unspecified atom stereocenters. The number of anilines is 3. The Morgan fingerprint density at radius 2 is 0.905 bits per heavy atom. The van der Waals surface area contributed by atoms with Gasteiger partial charge in [-0.1, -0.05) is 165 Å². The molecule has 2 nitrogen and oxygen atoms in total. The Morgan fingerprint density at radius 3 is 1.63 bits per heavy atom. The average Bonchev–Trinajstić information content (AvgIpc) is 3.51. The molecule has 298 valence electrons. The van der Waals surface area contributed by atoms with E-state index in [0.29, 0.717) is 17.1 Å². The minimum absolute atomic E-state index is 0.150. The van der Waals surface area contributed by atoms with Crippen LogP contribution in [0.4, 0.5) is 17.1 Å². The maximum absolute atomic E-state index is 8.74. The van der Waals surface area contributed by atoms with Gasteiger partial charge in [0.1, 0.15) is 11.5 Å². The summed E-state index contributed by atoms with van der Waals surface area (Å²) in [5, 5.41) is 2.14. The molecule has 2 heteroatoms. The maximum atomic E-state index is 8.74. The molecule has 0 N–H and O–H groups in total. The monoisotopic (exact) mass is 810 g/mol. The van der Waals surface area contributed by atoms with Crippen LogP contribution in [-0.2, 0) is 5.41 Å². The highest BCUT2D eigenvalue weighted by Gasteiger charge is 2.36. The Bertz CT molecular complexity index is 3650. The number of fused-ring (bicyclic) bond motifs is 9. The van der Waals surface area contributed by atoms with E-state index in [9.17, 15) is 0 Å². The molecule has 0 amide bonds. The summed E-state index contributed by atoms with van der Waals surface area (Å²) in [6.45, 7) is 4.64. The maximum Gasteiger partial charge on any atom is 0.135 e. The third kappa shape index (κ3) is 6.25. The molecule has 1 aliphatic heterocycles. The van der Waals surface area contributed by atoms with Gasteiger partial charge in [0.2, 0.25) is 0 Å². The zero-order valence-electron chi connectivity index (χ0n) is 39.8. The van der Waals surface area contributed by atoms with E-state index in [1.54, 1.807) is 6.07 Å². The molecule has 12 rings (SSSR count). The van der Waals surface area contributed by atoms with E-state index >= 15 is 0 Å². The van der Waals surface area contributed by atoms with Crippen LogP contribution in [0.5, 0.6) is 11.5 Å². The van der Waals surface area contributed by atoms with Crippen LogP contribution in [0.3, 0.4) is 0 Å². The summed E-state index contributed by atoms with van der Waals surface area (Å²) in [6.07, 6.45) is 0. The molecule has 0 aromatic heterocycles. The topological polar surface area (TPSA) is 12.5 Å². The van der Waals surface area contributed by atoms with Crippen LogP contribution in [0.25, 0.3) is 77.5 Å². The summed E-state index contributed by atoms with van der Waals surface area (Å²) in [5.74, 6) is 1.30. The van der Waals surface area contributed by atoms with E-state index < -0.39 is 6.04 Å². The van der Waals surface area contributed by atoms with Gasteiger partial charge in [-0.15, -0.1) is 0 Å². The van der Waals surface area contributed by atoms with Crippen LogP contribution in [0.1, 0.15) is 31.8 Å². The second kappa shape index (κ2) is 14.6. The summed E-state index contributed by atoms with van der Waals surface area (Å²) in [5.41, 5.74) is 16.9. The Balaban J connectivity index is 0.948. The van der Waals surface area contributed by atoms with E-state index in [-0.39, 0.29) is 35.1 Å². The molecule has 63 heavy (non-hydrogen) atoms. The third-order valence-corrected chi connectivity index (χ3v) is 13.0. The zero-order chi connectivity index (χ0) is 46.4. The molecule has 0 bridgehead atoms. The number of hydrogen-bond acceptors (Lipinski definition) is 2. The molecule has 0 saturated heterocycles. The van der Waals surface area contributed by atoms with Crippen LogP contribution in [0.15, 0.2) is 224 Å². The molecule has 0 saturated carbocycles. The fourth-order valence-corrected chi connectivity index (χ4v) is 9.71. The normalized spacial score (nSPS) is 14.0. The van der Waals surface area contributed by atoms with Crippen molar-refractivity contribution in [3.05, 3.63) is 235 Å². The standard InChI is InChI=1S/C61H43NO/c1-61(2)57-20-12-11-19-51(57)52-33-31-50(39-58(52)61)62(48-27-21-42(22-28-48)40-13-5-3-6-14-40)49-29-23-43(24-30-49)47-25-32-53-54-35-44-17-9-10-18-45(44)36-55(54)56-37-46(41-15-7-4-8-16-41)26-34-59(56)63-60(53)38-47/h3-39H,1-2H3/i4D,7D,8D,15D,16D. The molecule has 10 aromatic rings. The first kappa shape index (κ1) is 31.9. The molecule has 1 heterocycles. The van der Waals surface area contributed by atoms with Gasteiger partial charge in [-0.2, -0.15) is 0 Å². The van der Waals surface area contributed by atoms with Crippen molar-refractivity contribution in [2.24, 2.45) is 0 Å². The zero-order valence-corrected chi connectivity index (χ0v) is 34.8. The summed E-state index contributed by atoms with van der Waals surface area (Å²) < 4.78 is 49.3. The lowest BCUT2D eigenvalue weighted by Gasteiger charge is -2.28. The number of hydrogen-bond donors (Lipinski definition) is 0. The Morgan fingerprint density at radius 1 is 0.365 bits per heavy atom. The van der Waals surface area contributed by atoms with Crippen LogP contribution >= 0.6 is 0 Å². The lowest BCUT2D eigenvalue weighted by atomic mass is 9.82. The third-order valence-electron chi connectivity index (χ3n) is 13.0. The highest BCUT2D eigenvalue weighted by Crippen LogP contribution is 2.52. The van der Waals surface area contributed by atoms with E-state index in [2.05, 4.69) is 176 Å². The van der Waals surface area contributed by atoms with Gasteiger partial charge in [-0.05, 0) is 150 Å². The summed E-state index contributed by atoms with van der Waals surface area (Å²) >= 11 is 0. The molecule has 0 fully saturated rings. The van der Waals surface area contributed by atoms with Crippen LogP contribution in [-0.4, -0.2) is 0 Å². The van der Waals surface area contributed by atoms with E-state index in [1.807, 2.05) is 30.3 Å². The summed E-state index contributed by atoms with van der Waals surface area (Å²) in [6, 6.07) is 66.5. The minimum Gasteiger partial charge on any atom is -0.456 e. The largest absolute Gasteiger partial charge is 0.456 e. The molecule has 0 atom stereocenters. The number of ether oxygens (including phenoxy) is 1. The van der Waals surface area contributed by atoms with Crippen molar-refractivity contribution in [3.63, 3.8) is 0 Å². The average molecular weight is 811 g/mol. The fourth-order valence-electron chi connectivity index (χ4n) is 9.71. The van der Waals surface area contributed by atoms with Crippen LogP contribution in [0, 0.1) is 0 Å². The first-order chi connectivity index (χ1) is 33.0. The van der Waals surface area contributed by atoms with E-state index in [0.717, 1.165) is 66.8 Å². The molecule has 0 radical (unpaired) electrons. The minimum atomic E-state index is -0.416. The summed E-state index contributed by atoms with van der Waals surface area (Å²) in [4.78, 5) is 2.34. The van der Waals surface area contributed by atoms with Gasteiger partial charge in [0.05, 0.1) is 6.85 Å². The molecule has 1 aliphatic carbocycles. The highest BCUT2D eigenvalue weighted by atomic mass is 16.5. The number of rotatable bonds is 6. The Kier molecular flexibility index (Phi) is 7.39. The van der Waals surface area contributed by atoms with Gasteiger partial charge in [0.15, 0.2) is 0 Å². The van der Waals surface area contributed by atoms with Crippen molar-refractivity contribution in [2.75, 3.05) is 4.90 Å². The first-order valence-electron chi connectivity index (χ1n) is 23.9. The van der Waals surface area contributed by atoms with Crippen molar-refractivity contribution >= 4 is 27.8 Å². The smallest absolute Gasteiger partial charge is 0.135 e. The van der Waals surface area contributed by atoms with Gasteiger partial charge in [0.25, 0.3) is 0 Å². The van der Waals surface area contributed by atoms with Gasteiger partial charge in [0, 0.05) is 33.6 Å². The van der Waals surface area contributed by atoms with Crippen molar-refractivity contribution in [2.45, 2.75) is 19.3 Å². The van der Waals surface area contributed by atoms with E-state index in [4.69, 9.17) is 11.6 Å². The second-order valence-electron chi connectivity index (χ2n) is 17.0.